The van der Waals surface area contributed by atoms with Gasteiger partial charge in [0.25, 0.3) is 5.56 Å². The molecule has 0 spiro atoms. The van der Waals surface area contributed by atoms with Crippen LogP contribution in [-0.4, -0.2) is 40.6 Å². The number of esters is 1. The third-order valence-corrected chi connectivity index (χ3v) is 4.54. The summed E-state index contributed by atoms with van der Waals surface area (Å²) in [6.07, 6.45) is -0.0941. The molecule has 0 aliphatic heterocycles. The normalized spacial score (nSPS) is 11.5. The van der Waals surface area contributed by atoms with Crippen molar-refractivity contribution in [1.29, 1.82) is 0 Å². The van der Waals surface area contributed by atoms with Crippen molar-refractivity contribution >= 4 is 34.2 Å². The Kier molecular flexibility index (Phi) is 6.76. The SMILES string of the molecule is CCOC(=O)c1ccc(NC(=O)[C@@H](C)NC(=O)Cc2n[nH]c(=O)c3ccccc23)cc1. The van der Waals surface area contributed by atoms with Crippen LogP contribution < -0.4 is 16.2 Å². The van der Waals surface area contributed by atoms with Gasteiger partial charge in [0.15, 0.2) is 0 Å². The van der Waals surface area contributed by atoms with Crippen LogP contribution in [-0.2, 0) is 20.7 Å². The maximum atomic E-state index is 12.4. The van der Waals surface area contributed by atoms with Crippen molar-refractivity contribution in [3.8, 4) is 0 Å². The van der Waals surface area contributed by atoms with Crippen molar-refractivity contribution in [3.05, 3.63) is 70.1 Å². The fourth-order valence-corrected chi connectivity index (χ4v) is 2.97. The van der Waals surface area contributed by atoms with Crippen LogP contribution in [0.4, 0.5) is 5.69 Å². The number of carbonyl (C=O) groups is 3. The van der Waals surface area contributed by atoms with Gasteiger partial charge in [-0.2, -0.15) is 5.10 Å². The van der Waals surface area contributed by atoms with Gasteiger partial charge in [0, 0.05) is 11.1 Å². The summed E-state index contributed by atoms with van der Waals surface area (Å²) in [6.45, 7) is 3.55. The molecule has 9 heteroatoms. The maximum absolute atomic E-state index is 12.4. The van der Waals surface area contributed by atoms with Crippen LogP contribution in [0.5, 0.6) is 0 Å². The quantitative estimate of drug-likeness (QED) is 0.498. The zero-order valence-electron chi connectivity index (χ0n) is 17.1. The van der Waals surface area contributed by atoms with Gasteiger partial charge in [0.05, 0.1) is 29.7 Å². The van der Waals surface area contributed by atoms with Gasteiger partial charge < -0.3 is 15.4 Å². The third-order valence-electron chi connectivity index (χ3n) is 4.54. The predicted octanol–water partition coefficient (Wildman–Crippen LogP) is 1.79. The molecule has 0 bridgehead atoms. The number of ether oxygens (including phenoxy) is 1. The van der Waals surface area contributed by atoms with Gasteiger partial charge in [-0.05, 0) is 44.2 Å². The highest BCUT2D eigenvalue weighted by Gasteiger charge is 2.18. The number of fused-ring (bicyclic) bond motifs is 1. The van der Waals surface area contributed by atoms with E-state index in [-0.39, 0.29) is 18.6 Å². The molecule has 0 radical (unpaired) electrons. The molecular formula is C22H22N4O5. The van der Waals surface area contributed by atoms with Crippen LogP contribution in [0, 0.1) is 0 Å². The molecule has 0 saturated heterocycles. The lowest BCUT2D eigenvalue weighted by molar-refractivity contribution is -0.125. The van der Waals surface area contributed by atoms with Crippen LogP contribution in [0.1, 0.15) is 29.9 Å². The summed E-state index contributed by atoms with van der Waals surface area (Å²) < 4.78 is 4.91. The summed E-state index contributed by atoms with van der Waals surface area (Å²) in [5.74, 6) is -1.27. The molecule has 160 valence electrons. The topological polar surface area (TPSA) is 130 Å². The van der Waals surface area contributed by atoms with E-state index >= 15 is 0 Å². The molecule has 0 fully saturated rings. The molecule has 0 saturated carbocycles. The summed E-state index contributed by atoms with van der Waals surface area (Å²) >= 11 is 0. The van der Waals surface area contributed by atoms with Crippen LogP contribution in [0.3, 0.4) is 0 Å². The largest absolute Gasteiger partial charge is 0.462 e. The molecule has 2 aromatic carbocycles. The average Bonchev–Trinajstić information content (AvgIpc) is 2.76. The van der Waals surface area contributed by atoms with E-state index in [9.17, 15) is 19.2 Å². The van der Waals surface area contributed by atoms with E-state index in [0.29, 0.717) is 27.7 Å². The van der Waals surface area contributed by atoms with Crippen molar-refractivity contribution < 1.29 is 19.1 Å². The summed E-state index contributed by atoms with van der Waals surface area (Å²) in [4.78, 5) is 48.3. The van der Waals surface area contributed by atoms with Crippen LogP contribution >= 0.6 is 0 Å². The van der Waals surface area contributed by atoms with E-state index in [0.717, 1.165) is 0 Å². The Hall–Kier alpha value is -4.01. The van der Waals surface area contributed by atoms with E-state index in [1.165, 1.54) is 0 Å². The number of hydrogen-bond acceptors (Lipinski definition) is 6. The van der Waals surface area contributed by atoms with Gasteiger partial charge in [-0.1, -0.05) is 18.2 Å². The third kappa shape index (κ3) is 5.33. The van der Waals surface area contributed by atoms with Crippen molar-refractivity contribution in [2.45, 2.75) is 26.3 Å². The number of nitrogens with zero attached hydrogens (tertiary/aromatic N) is 1. The molecule has 0 aliphatic carbocycles. The highest BCUT2D eigenvalue weighted by atomic mass is 16.5. The molecule has 3 aromatic rings. The van der Waals surface area contributed by atoms with E-state index in [1.54, 1.807) is 62.4 Å². The zero-order valence-corrected chi connectivity index (χ0v) is 17.1. The predicted molar refractivity (Wildman–Crippen MR) is 115 cm³/mol. The van der Waals surface area contributed by atoms with Crippen LogP contribution in [0.25, 0.3) is 10.8 Å². The van der Waals surface area contributed by atoms with Gasteiger partial charge in [-0.25, -0.2) is 9.89 Å². The Bertz CT molecular complexity index is 1170. The average molecular weight is 422 g/mol. The van der Waals surface area contributed by atoms with Crippen LogP contribution in [0.2, 0.25) is 0 Å². The van der Waals surface area contributed by atoms with Gasteiger partial charge in [0.1, 0.15) is 6.04 Å². The molecule has 0 aliphatic rings. The molecular weight excluding hydrogens is 400 g/mol. The number of aromatic nitrogens is 2. The first-order valence-electron chi connectivity index (χ1n) is 9.72. The monoisotopic (exact) mass is 422 g/mol. The Morgan fingerprint density at radius 3 is 2.42 bits per heavy atom. The first-order valence-corrected chi connectivity index (χ1v) is 9.72. The summed E-state index contributed by atoms with van der Waals surface area (Å²) in [6, 6.07) is 12.3. The highest BCUT2D eigenvalue weighted by molar-refractivity contribution is 5.98. The summed E-state index contributed by atoms with van der Waals surface area (Å²) in [7, 11) is 0. The van der Waals surface area contributed by atoms with Gasteiger partial charge in [-0.3, -0.25) is 14.4 Å². The molecule has 0 unspecified atom stereocenters. The fraction of sp³-hybridized carbons (Fsp3) is 0.227. The van der Waals surface area contributed by atoms with Gasteiger partial charge >= 0.3 is 5.97 Å². The minimum atomic E-state index is -0.814. The van der Waals surface area contributed by atoms with E-state index < -0.39 is 23.8 Å². The fourth-order valence-electron chi connectivity index (χ4n) is 2.97. The highest BCUT2D eigenvalue weighted by Crippen LogP contribution is 2.13. The number of carbonyl (C=O) groups excluding carboxylic acids is 3. The molecule has 1 atom stereocenters. The first-order chi connectivity index (χ1) is 14.9. The lowest BCUT2D eigenvalue weighted by Gasteiger charge is -2.14. The zero-order chi connectivity index (χ0) is 22.4. The molecule has 3 rings (SSSR count). The lowest BCUT2D eigenvalue weighted by Crippen LogP contribution is -2.42. The molecule has 9 nitrogen and oxygen atoms in total. The standard InChI is InChI=1S/C22H22N4O5/c1-3-31-22(30)14-8-10-15(11-9-14)24-20(28)13(2)23-19(27)12-18-16-6-4-5-7-17(16)21(29)26-25-18/h4-11,13H,3,12H2,1-2H3,(H,23,27)(H,24,28)(H,26,29)/t13-/m1/s1. The van der Waals surface area contributed by atoms with E-state index in [4.69, 9.17) is 4.74 Å². The Balaban J connectivity index is 1.60. The summed E-state index contributed by atoms with van der Waals surface area (Å²) in [5, 5.41) is 12.7. The van der Waals surface area contributed by atoms with Gasteiger partial charge in [0.2, 0.25) is 11.8 Å². The number of amides is 2. The van der Waals surface area contributed by atoms with Crippen molar-refractivity contribution in [1.82, 2.24) is 15.5 Å². The molecule has 31 heavy (non-hydrogen) atoms. The second-order valence-corrected chi connectivity index (χ2v) is 6.80. The van der Waals surface area contributed by atoms with Crippen molar-refractivity contribution in [2.24, 2.45) is 0 Å². The Morgan fingerprint density at radius 2 is 1.74 bits per heavy atom. The number of aromatic amines is 1. The number of hydrogen-bond donors (Lipinski definition) is 3. The number of benzene rings is 2. The molecule has 2 amide bonds. The number of rotatable bonds is 7. The second-order valence-electron chi connectivity index (χ2n) is 6.80. The maximum Gasteiger partial charge on any atom is 0.338 e. The summed E-state index contributed by atoms with van der Waals surface area (Å²) in [5.41, 5.74) is 0.936. The minimum absolute atomic E-state index is 0.0941. The number of H-pyrrole nitrogens is 1. The van der Waals surface area contributed by atoms with E-state index in [1.807, 2.05) is 0 Å². The van der Waals surface area contributed by atoms with Crippen LogP contribution in [0.15, 0.2) is 53.3 Å². The second kappa shape index (κ2) is 9.66. The number of nitrogens with one attached hydrogen (secondary N) is 3. The molecule has 1 aromatic heterocycles. The van der Waals surface area contributed by atoms with Crippen molar-refractivity contribution in [2.75, 3.05) is 11.9 Å². The van der Waals surface area contributed by atoms with Crippen molar-refractivity contribution in [3.63, 3.8) is 0 Å². The number of anilines is 1. The van der Waals surface area contributed by atoms with Gasteiger partial charge in [-0.15, -0.1) is 0 Å². The Morgan fingerprint density at radius 1 is 1.06 bits per heavy atom. The smallest absolute Gasteiger partial charge is 0.338 e. The molecule has 1 heterocycles. The lowest BCUT2D eigenvalue weighted by atomic mass is 10.1. The Labute approximate surface area is 177 Å². The molecule has 3 N–H and O–H groups in total. The first kappa shape index (κ1) is 21.7. The minimum Gasteiger partial charge on any atom is -0.462 e. The van der Waals surface area contributed by atoms with E-state index in [2.05, 4.69) is 20.8 Å².